The van der Waals surface area contributed by atoms with Gasteiger partial charge in [0.05, 0.1) is 29.5 Å². The van der Waals surface area contributed by atoms with E-state index in [1.165, 1.54) is 15.3 Å². The van der Waals surface area contributed by atoms with Crippen molar-refractivity contribution < 1.29 is 27.9 Å². The molecule has 1 aromatic rings. The van der Waals surface area contributed by atoms with Crippen LogP contribution in [0.2, 0.25) is 0 Å². The van der Waals surface area contributed by atoms with Crippen molar-refractivity contribution in [2.45, 2.75) is 30.2 Å². The average molecular weight is 409 g/mol. The lowest BCUT2D eigenvalue weighted by Gasteiger charge is -2.45. The third kappa shape index (κ3) is 3.25. The fourth-order valence-electron chi connectivity index (χ4n) is 4.13. The minimum Gasteiger partial charge on any atom is -0.480 e. The topological polar surface area (TPSA) is 107 Å². The minimum absolute atomic E-state index is 0.0619. The number of amides is 1. The smallest absolute Gasteiger partial charge is 0.323 e. The molecule has 28 heavy (non-hydrogen) atoms. The molecule has 0 radical (unpaired) electrons. The first-order valence-electron chi connectivity index (χ1n) is 9.41. The van der Waals surface area contributed by atoms with Gasteiger partial charge in [0.25, 0.3) is 0 Å². The number of hydrogen-bond donors (Lipinski definition) is 1. The Bertz CT molecular complexity index is 897. The second-order valence-corrected chi connectivity index (χ2v) is 9.13. The van der Waals surface area contributed by atoms with Gasteiger partial charge in [0.1, 0.15) is 12.6 Å². The number of carbonyl (C=O) groups excluding carboxylic acids is 1. The van der Waals surface area contributed by atoms with Gasteiger partial charge >= 0.3 is 5.97 Å². The van der Waals surface area contributed by atoms with Gasteiger partial charge in [-0.05, 0) is 37.5 Å². The molecule has 3 aliphatic heterocycles. The van der Waals surface area contributed by atoms with E-state index in [0.29, 0.717) is 37.6 Å². The van der Waals surface area contributed by atoms with Crippen LogP contribution in [-0.4, -0.2) is 75.1 Å². The normalized spacial score (nSPS) is 23.3. The summed E-state index contributed by atoms with van der Waals surface area (Å²) in [4.78, 5) is 27.6. The summed E-state index contributed by atoms with van der Waals surface area (Å²) in [6.07, 6.45) is 2.52. The van der Waals surface area contributed by atoms with Crippen LogP contribution in [0.3, 0.4) is 0 Å². The highest BCUT2D eigenvalue weighted by Crippen LogP contribution is 2.41. The van der Waals surface area contributed by atoms with Crippen molar-refractivity contribution in [1.82, 2.24) is 4.31 Å². The number of piperidine rings is 1. The van der Waals surface area contributed by atoms with Gasteiger partial charge in [-0.3, -0.25) is 14.5 Å². The molecule has 1 atom stereocenters. The summed E-state index contributed by atoms with van der Waals surface area (Å²) < 4.78 is 32.6. The molecule has 10 heteroatoms. The van der Waals surface area contributed by atoms with Gasteiger partial charge in [-0.1, -0.05) is 0 Å². The van der Waals surface area contributed by atoms with Gasteiger partial charge in [0, 0.05) is 19.6 Å². The van der Waals surface area contributed by atoms with Crippen molar-refractivity contribution in [2.24, 2.45) is 0 Å². The summed E-state index contributed by atoms with van der Waals surface area (Å²) in [6.45, 7) is 1.42. The average Bonchev–Trinajstić information content (AvgIpc) is 2.71. The number of carboxylic acids is 1. The zero-order valence-electron chi connectivity index (χ0n) is 15.4. The number of carboxylic acid groups (broad SMARTS) is 1. The van der Waals surface area contributed by atoms with Gasteiger partial charge < -0.3 is 14.7 Å². The van der Waals surface area contributed by atoms with Gasteiger partial charge in [0.15, 0.2) is 0 Å². The standard InChI is InChI=1S/C18H23N3O6S/c22-17(23)12-21-16-11-13(28(25,26)19-7-9-27-10-8-19)4-5-14(16)20-6-2-1-3-15(20)18(21)24/h4-5,11,15H,1-3,6-10,12H2,(H,22,23). The molecule has 0 saturated carbocycles. The molecule has 1 amide bonds. The van der Waals surface area contributed by atoms with Crippen LogP contribution in [0.1, 0.15) is 19.3 Å². The fraction of sp³-hybridized carbons (Fsp3) is 0.556. The molecule has 9 nitrogen and oxygen atoms in total. The molecule has 4 rings (SSSR count). The number of fused-ring (bicyclic) bond motifs is 3. The molecule has 1 aromatic carbocycles. The second kappa shape index (κ2) is 7.34. The van der Waals surface area contributed by atoms with E-state index in [0.717, 1.165) is 12.8 Å². The Morgan fingerprint density at radius 1 is 1.14 bits per heavy atom. The molecule has 0 spiro atoms. The van der Waals surface area contributed by atoms with E-state index in [1.54, 1.807) is 12.1 Å². The van der Waals surface area contributed by atoms with E-state index < -0.39 is 22.5 Å². The first kappa shape index (κ1) is 19.2. The zero-order valence-corrected chi connectivity index (χ0v) is 16.2. The zero-order chi connectivity index (χ0) is 19.9. The first-order chi connectivity index (χ1) is 13.4. The Morgan fingerprint density at radius 2 is 1.89 bits per heavy atom. The predicted molar refractivity (Wildman–Crippen MR) is 101 cm³/mol. The molecule has 1 N–H and O–H groups in total. The lowest BCUT2D eigenvalue weighted by molar-refractivity contribution is -0.137. The third-order valence-corrected chi connectivity index (χ3v) is 7.40. The van der Waals surface area contributed by atoms with Crippen molar-refractivity contribution in [1.29, 1.82) is 0 Å². The first-order valence-corrected chi connectivity index (χ1v) is 10.9. The third-order valence-electron chi connectivity index (χ3n) is 5.50. The van der Waals surface area contributed by atoms with E-state index in [1.807, 2.05) is 4.90 Å². The SMILES string of the molecule is O=C(O)CN1C(=O)C2CCCCN2c2ccc(S(=O)(=O)N3CCOCC3)cc21. The summed E-state index contributed by atoms with van der Waals surface area (Å²) in [7, 11) is -3.74. The molecular weight excluding hydrogens is 386 g/mol. The van der Waals surface area contributed by atoms with E-state index in [-0.39, 0.29) is 29.9 Å². The van der Waals surface area contributed by atoms with Crippen molar-refractivity contribution in [3.63, 3.8) is 0 Å². The lowest BCUT2D eigenvalue weighted by Crippen LogP contribution is -2.56. The Kier molecular flexibility index (Phi) is 5.02. The number of hydrogen-bond acceptors (Lipinski definition) is 6. The molecule has 2 fully saturated rings. The highest BCUT2D eigenvalue weighted by Gasteiger charge is 2.41. The van der Waals surface area contributed by atoms with Crippen LogP contribution in [0, 0.1) is 0 Å². The van der Waals surface area contributed by atoms with Gasteiger partial charge in [0.2, 0.25) is 15.9 Å². The van der Waals surface area contributed by atoms with E-state index in [2.05, 4.69) is 0 Å². The molecule has 2 saturated heterocycles. The number of carbonyl (C=O) groups is 2. The number of morpholine rings is 1. The van der Waals surface area contributed by atoms with Gasteiger partial charge in [-0.15, -0.1) is 0 Å². The molecular formula is C18H23N3O6S. The van der Waals surface area contributed by atoms with Crippen LogP contribution in [0.4, 0.5) is 11.4 Å². The van der Waals surface area contributed by atoms with Crippen molar-refractivity contribution in [3.05, 3.63) is 18.2 Å². The second-order valence-electron chi connectivity index (χ2n) is 7.19. The quantitative estimate of drug-likeness (QED) is 0.771. The summed E-state index contributed by atoms with van der Waals surface area (Å²) in [6, 6.07) is 4.29. The Labute approximate surface area is 163 Å². The highest BCUT2D eigenvalue weighted by atomic mass is 32.2. The molecule has 0 bridgehead atoms. The number of nitrogens with zero attached hydrogens (tertiary/aromatic N) is 3. The van der Waals surface area contributed by atoms with Crippen LogP contribution in [0.5, 0.6) is 0 Å². The number of ether oxygens (including phenoxy) is 1. The number of anilines is 2. The number of rotatable bonds is 4. The van der Waals surface area contributed by atoms with Crippen molar-refractivity contribution in [3.8, 4) is 0 Å². The molecule has 152 valence electrons. The van der Waals surface area contributed by atoms with Crippen LogP contribution >= 0.6 is 0 Å². The van der Waals surface area contributed by atoms with E-state index >= 15 is 0 Å². The highest BCUT2D eigenvalue weighted by molar-refractivity contribution is 7.89. The monoisotopic (exact) mass is 409 g/mol. The van der Waals surface area contributed by atoms with Crippen LogP contribution in [0.15, 0.2) is 23.1 Å². The molecule has 0 aliphatic carbocycles. The molecule has 3 heterocycles. The van der Waals surface area contributed by atoms with Crippen molar-refractivity contribution in [2.75, 3.05) is 49.2 Å². The maximum Gasteiger partial charge on any atom is 0.323 e. The van der Waals surface area contributed by atoms with Crippen LogP contribution in [0.25, 0.3) is 0 Å². The minimum atomic E-state index is -3.74. The molecule has 0 aromatic heterocycles. The fourth-order valence-corrected chi connectivity index (χ4v) is 5.56. The maximum atomic E-state index is 13.0. The largest absolute Gasteiger partial charge is 0.480 e. The van der Waals surface area contributed by atoms with Gasteiger partial charge in [-0.2, -0.15) is 4.31 Å². The maximum absolute atomic E-state index is 13.0. The van der Waals surface area contributed by atoms with Crippen molar-refractivity contribution >= 4 is 33.3 Å². The van der Waals surface area contributed by atoms with Crippen LogP contribution < -0.4 is 9.80 Å². The van der Waals surface area contributed by atoms with Gasteiger partial charge in [-0.25, -0.2) is 8.42 Å². The molecule has 3 aliphatic rings. The number of sulfonamides is 1. The summed E-state index contributed by atoms with van der Waals surface area (Å²) in [5.74, 6) is -1.42. The predicted octanol–water partition coefficient (Wildman–Crippen LogP) is 0.498. The summed E-state index contributed by atoms with van der Waals surface area (Å²) in [5.41, 5.74) is 1.06. The summed E-state index contributed by atoms with van der Waals surface area (Å²) in [5, 5.41) is 9.29. The summed E-state index contributed by atoms with van der Waals surface area (Å²) >= 11 is 0. The number of benzene rings is 1. The Balaban J connectivity index is 1.77. The lowest BCUT2D eigenvalue weighted by atomic mass is 9.96. The van der Waals surface area contributed by atoms with E-state index in [9.17, 15) is 23.1 Å². The number of aliphatic carboxylic acids is 1. The Morgan fingerprint density at radius 3 is 2.61 bits per heavy atom. The Hall–Kier alpha value is -2.17. The van der Waals surface area contributed by atoms with E-state index in [4.69, 9.17) is 4.74 Å². The van der Waals surface area contributed by atoms with Crippen LogP contribution in [-0.2, 0) is 24.3 Å². The molecule has 1 unspecified atom stereocenters.